The minimum absolute atomic E-state index is 0.181. The van der Waals surface area contributed by atoms with Crippen molar-refractivity contribution in [3.8, 4) is 0 Å². The van der Waals surface area contributed by atoms with Crippen LogP contribution in [-0.2, 0) is 9.31 Å². The van der Waals surface area contributed by atoms with E-state index in [1.807, 2.05) is 39.8 Å². The first kappa shape index (κ1) is 16.7. The number of rotatable bonds is 3. The second-order valence-corrected chi connectivity index (χ2v) is 6.90. The van der Waals surface area contributed by atoms with Gasteiger partial charge in [0, 0.05) is 23.6 Å². The highest BCUT2D eigenvalue weighted by atomic mass is 16.7. The summed E-state index contributed by atoms with van der Waals surface area (Å²) in [7, 11) is -0.483. The van der Waals surface area contributed by atoms with Gasteiger partial charge in [-0.3, -0.25) is 9.78 Å². The minimum Gasteiger partial charge on any atom is -0.399 e. The molecular formula is C18H21BN2O3. The van der Waals surface area contributed by atoms with Crippen molar-refractivity contribution in [2.45, 2.75) is 38.9 Å². The number of anilines is 1. The van der Waals surface area contributed by atoms with Crippen molar-refractivity contribution in [2.24, 2.45) is 0 Å². The predicted molar refractivity (Wildman–Crippen MR) is 94.3 cm³/mol. The molecule has 5 nitrogen and oxygen atoms in total. The summed E-state index contributed by atoms with van der Waals surface area (Å²) in [5.41, 5.74) is 1.27. The van der Waals surface area contributed by atoms with Crippen LogP contribution >= 0.6 is 0 Å². The van der Waals surface area contributed by atoms with Crippen LogP contribution in [0.5, 0.6) is 0 Å². The Balaban J connectivity index is 1.79. The van der Waals surface area contributed by atoms with E-state index in [2.05, 4.69) is 10.3 Å². The molecule has 2 aromatic rings. The van der Waals surface area contributed by atoms with E-state index >= 15 is 0 Å². The molecule has 24 heavy (non-hydrogen) atoms. The zero-order valence-corrected chi connectivity index (χ0v) is 14.4. The molecule has 1 aromatic carbocycles. The van der Waals surface area contributed by atoms with Crippen molar-refractivity contribution in [2.75, 3.05) is 5.32 Å². The number of hydrogen-bond donors (Lipinski definition) is 1. The average Bonchev–Trinajstić information content (AvgIpc) is 2.76. The Hall–Kier alpha value is -2.18. The summed E-state index contributed by atoms with van der Waals surface area (Å²) >= 11 is 0. The largest absolute Gasteiger partial charge is 0.494 e. The second kappa shape index (κ2) is 6.04. The Bertz CT molecular complexity index is 731. The van der Waals surface area contributed by atoms with Crippen LogP contribution in [0.1, 0.15) is 38.1 Å². The van der Waals surface area contributed by atoms with E-state index in [0.29, 0.717) is 11.3 Å². The van der Waals surface area contributed by atoms with Gasteiger partial charge < -0.3 is 14.6 Å². The molecule has 0 atom stereocenters. The fourth-order valence-electron chi connectivity index (χ4n) is 2.44. The highest BCUT2D eigenvalue weighted by Crippen LogP contribution is 2.36. The van der Waals surface area contributed by atoms with Gasteiger partial charge in [0.2, 0.25) is 0 Å². The molecule has 0 unspecified atom stereocenters. The summed E-state index contributed by atoms with van der Waals surface area (Å²) in [6.45, 7) is 8.03. The molecule has 0 aliphatic carbocycles. The molecule has 1 saturated heterocycles. The van der Waals surface area contributed by atoms with E-state index in [4.69, 9.17) is 9.31 Å². The van der Waals surface area contributed by atoms with Crippen molar-refractivity contribution >= 4 is 24.2 Å². The third-order valence-electron chi connectivity index (χ3n) is 4.61. The summed E-state index contributed by atoms with van der Waals surface area (Å²) in [6, 6.07) is 10.8. The number of carbonyl (C=O) groups excluding carboxylic acids is 1. The van der Waals surface area contributed by atoms with Crippen molar-refractivity contribution < 1.29 is 14.1 Å². The fourth-order valence-corrected chi connectivity index (χ4v) is 2.44. The maximum atomic E-state index is 12.4. The third-order valence-corrected chi connectivity index (χ3v) is 4.61. The molecule has 124 valence electrons. The van der Waals surface area contributed by atoms with Gasteiger partial charge in [-0.2, -0.15) is 0 Å². The summed E-state index contributed by atoms with van der Waals surface area (Å²) in [4.78, 5) is 16.4. The summed E-state index contributed by atoms with van der Waals surface area (Å²) in [5, 5.41) is 2.85. The number of aromatic nitrogens is 1. The lowest BCUT2D eigenvalue weighted by Crippen LogP contribution is -2.41. The smallest absolute Gasteiger partial charge is 0.399 e. The molecule has 1 aliphatic heterocycles. The number of amides is 1. The molecule has 0 radical (unpaired) electrons. The standard InChI is InChI=1S/C18H21BN2O3/c1-17(2)18(3,4)24-19(23-17)14-7-5-6-13(12-14)16(22)21-15-8-10-20-11-9-15/h5-12H,1-4H3,(H,20,21,22). The van der Waals surface area contributed by atoms with Gasteiger partial charge in [0.1, 0.15) is 0 Å². The Morgan fingerprint density at radius 1 is 1.04 bits per heavy atom. The van der Waals surface area contributed by atoms with Gasteiger partial charge in [0.15, 0.2) is 0 Å². The molecule has 1 aliphatic rings. The predicted octanol–water partition coefficient (Wildman–Crippen LogP) is 2.63. The van der Waals surface area contributed by atoms with Crippen LogP contribution in [0.25, 0.3) is 0 Å². The monoisotopic (exact) mass is 324 g/mol. The molecule has 6 heteroatoms. The van der Waals surface area contributed by atoms with Crippen molar-refractivity contribution in [1.82, 2.24) is 4.98 Å². The topological polar surface area (TPSA) is 60.5 Å². The van der Waals surface area contributed by atoms with Crippen LogP contribution < -0.4 is 10.8 Å². The third kappa shape index (κ3) is 3.20. The molecule has 1 fully saturated rings. The number of hydrogen-bond acceptors (Lipinski definition) is 4. The first-order valence-corrected chi connectivity index (χ1v) is 7.95. The van der Waals surface area contributed by atoms with Gasteiger partial charge in [0.05, 0.1) is 11.2 Å². The molecule has 0 bridgehead atoms. The van der Waals surface area contributed by atoms with Crippen LogP contribution in [0.15, 0.2) is 48.8 Å². The summed E-state index contributed by atoms with van der Waals surface area (Å²) < 4.78 is 12.1. The molecule has 2 heterocycles. The fraction of sp³-hybridized carbons (Fsp3) is 0.333. The Labute approximate surface area is 142 Å². The Kier molecular flexibility index (Phi) is 4.19. The highest BCUT2D eigenvalue weighted by molar-refractivity contribution is 6.62. The lowest BCUT2D eigenvalue weighted by Gasteiger charge is -2.32. The number of carbonyl (C=O) groups is 1. The van der Waals surface area contributed by atoms with E-state index in [0.717, 1.165) is 5.46 Å². The maximum absolute atomic E-state index is 12.4. The maximum Gasteiger partial charge on any atom is 0.494 e. The SMILES string of the molecule is CC1(C)OB(c2cccc(C(=O)Nc3ccncc3)c2)OC1(C)C. The molecule has 3 rings (SSSR count). The number of nitrogens with one attached hydrogen (secondary N) is 1. The quantitative estimate of drug-likeness (QED) is 0.882. The summed E-state index contributed by atoms with van der Waals surface area (Å²) in [5.74, 6) is -0.181. The molecule has 1 amide bonds. The number of benzene rings is 1. The molecule has 0 spiro atoms. The molecule has 0 saturated carbocycles. The van der Waals surface area contributed by atoms with Crippen molar-refractivity contribution in [3.05, 3.63) is 54.4 Å². The van der Waals surface area contributed by atoms with E-state index in [-0.39, 0.29) is 5.91 Å². The zero-order chi connectivity index (χ0) is 17.4. The van der Waals surface area contributed by atoms with Gasteiger partial charge >= 0.3 is 7.12 Å². The van der Waals surface area contributed by atoms with E-state index in [1.165, 1.54) is 0 Å². The lowest BCUT2D eigenvalue weighted by molar-refractivity contribution is 0.00578. The van der Waals surface area contributed by atoms with Crippen LogP contribution in [-0.4, -0.2) is 29.2 Å². The van der Waals surface area contributed by atoms with Gasteiger partial charge in [-0.05, 0) is 57.4 Å². The molecule has 1 aromatic heterocycles. The van der Waals surface area contributed by atoms with Crippen LogP contribution in [0, 0.1) is 0 Å². The molecule has 1 N–H and O–H groups in total. The Morgan fingerprint density at radius 3 is 2.29 bits per heavy atom. The van der Waals surface area contributed by atoms with Gasteiger partial charge in [-0.25, -0.2) is 0 Å². The highest BCUT2D eigenvalue weighted by Gasteiger charge is 2.51. The average molecular weight is 324 g/mol. The first-order valence-electron chi connectivity index (χ1n) is 7.95. The molecular weight excluding hydrogens is 303 g/mol. The Morgan fingerprint density at radius 2 is 1.67 bits per heavy atom. The minimum atomic E-state index is -0.483. The van der Waals surface area contributed by atoms with Gasteiger partial charge in [-0.1, -0.05) is 12.1 Å². The van der Waals surface area contributed by atoms with Gasteiger partial charge in [0.25, 0.3) is 5.91 Å². The van der Waals surface area contributed by atoms with Crippen LogP contribution in [0.4, 0.5) is 5.69 Å². The summed E-state index contributed by atoms with van der Waals surface area (Å²) in [6.07, 6.45) is 3.27. The van der Waals surface area contributed by atoms with Crippen LogP contribution in [0.3, 0.4) is 0 Å². The number of pyridine rings is 1. The lowest BCUT2D eigenvalue weighted by atomic mass is 9.78. The van der Waals surface area contributed by atoms with Crippen LogP contribution in [0.2, 0.25) is 0 Å². The van der Waals surface area contributed by atoms with E-state index in [9.17, 15) is 4.79 Å². The normalized spacial score (nSPS) is 18.4. The van der Waals surface area contributed by atoms with E-state index in [1.54, 1.807) is 36.7 Å². The van der Waals surface area contributed by atoms with Crippen molar-refractivity contribution in [1.29, 1.82) is 0 Å². The van der Waals surface area contributed by atoms with Crippen molar-refractivity contribution in [3.63, 3.8) is 0 Å². The number of nitrogens with zero attached hydrogens (tertiary/aromatic N) is 1. The van der Waals surface area contributed by atoms with E-state index < -0.39 is 18.3 Å². The zero-order valence-electron chi connectivity index (χ0n) is 14.4. The van der Waals surface area contributed by atoms with Gasteiger partial charge in [-0.15, -0.1) is 0 Å². The first-order chi connectivity index (χ1) is 11.3. The second-order valence-electron chi connectivity index (χ2n) is 6.90.